The summed E-state index contributed by atoms with van der Waals surface area (Å²) >= 11 is 0. The topological polar surface area (TPSA) is 24.9 Å². The molecule has 1 fully saturated rings. The monoisotopic (exact) mass is 226 g/mol. The molecule has 0 radical (unpaired) electrons. The molecule has 1 aliphatic rings. The van der Waals surface area contributed by atoms with Gasteiger partial charge in [-0.3, -0.25) is 4.98 Å². The van der Waals surface area contributed by atoms with Crippen molar-refractivity contribution in [3.63, 3.8) is 0 Å². The van der Waals surface area contributed by atoms with Gasteiger partial charge in [-0.2, -0.15) is 0 Å². The minimum absolute atomic E-state index is 0.461. The van der Waals surface area contributed by atoms with Crippen LogP contribution in [0.5, 0.6) is 0 Å². The molecule has 1 aromatic carbocycles. The van der Waals surface area contributed by atoms with Crippen LogP contribution in [0.25, 0.3) is 10.9 Å². The Bertz CT molecular complexity index is 512. The second-order valence-corrected chi connectivity index (χ2v) is 4.88. The van der Waals surface area contributed by atoms with Crippen LogP contribution >= 0.6 is 0 Å². The van der Waals surface area contributed by atoms with Crippen LogP contribution in [0.1, 0.15) is 30.9 Å². The van der Waals surface area contributed by atoms with E-state index in [9.17, 15) is 0 Å². The van der Waals surface area contributed by atoms with Crippen LogP contribution in [0.2, 0.25) is 0 Å². The highest BCUT2D eigenvalue weighted by Crippen LogP contribution is 2.39. The van der Waals surface area contributed by atoms with Gasteiger partial charge in [0, 0.05) is 17.6 Å². The first-order chi connectivity index (χ1) is 8.40. The molecule has 1 saturated carbocycles. The number of hydrogen-bond acceptors (Lipinski definition) is 2. The summed E-state index contributed by atoms with van der Waals surface area (Å²) in [7, 11) is 2.06. The molecule has 1 unspecified atom stereocenters. The summed E-state index contributed by atoms with van der Waals surface area (Å²) in [5.74, 6) is 0.785. The normalized spacial score (nSPS) is 17.9. The molecule has 0 aliphatic heterocycles. The van der Waals surface area contributed by atoms with Gasteiger partial charge in [0.15, 0.2) is 0 Å². The molecule has 1 aromatic heterocycles. The largest absolute Gasteiger partial charge is 0.313 e. The summed E-state index contributed by atoms with van der Waals surface area (Å²) in [5.41, 5.74) is 2.51. The number of para-hydroxylation sites is 1. The van der Waals surface area contributed by atoms with Gasteiger partial charge in [0.25, 0.3) is 0 Å². The van der Waals surface area contributed by atoms with Crippen LogP contribution in [0, 0.1) is 5.92 Å². The first-order valence-electron chi connectivity index (χ1n) is 6.41. The lowest BCUT2D eigenvalue weighted by molar-refractivity contribution is 0.240. The van der Waals surface area contributed by atoms with Crippen LogP contribution < -0.4 is 5.32 Å². The number of nitrogens with one attached hydrogen (secondary N) is 1. The van der Waals surface area contributed by atoms with Gasteiger partial charge in [-0.15, -0.1) is 0 Å². The molecule has 0 bridgehead atoms. The van der Waals surface area contributed by atoms with Gasteiger partial charge in [0.05, 0.1) is 5.52 Å². The van der Waals surface area contributed by atoms with E-state index in [0.717, 1.165) is 11.4 Å². The van der Waals surface area contributed by atoms with E-state index in [4.69, 9.17) is 0 Å². The molecule has 1 aliphatic carbocycles. The predicted molar refractivity (Wildman–Crippen MR) is 70.9 cm³/mol. The summed E-state index contributed by atoms with van der Waals surface area (Å²) in [6.07, 6.45) is 5.95. The minimum Gasteiger partial charge on any atom is -0.313 e. The van der Waals surface area contributed by atoms with Gasteiger partial charge in [0.1, 0.15) is 0 Å². The van der Waals surface area contributed by atoms with E-state index in [2.05, 4.69) is 41.6 Å². The fourth-order valence-electron chi connectivity index (χ4n) is 2.80. The quantitative estimate of drug-likeness (QED) is 0.868. The fraction of sp³-hybridized carbons (Fsp3) is 0.400. The second-order valence-electron chi connectivity index (χ2n) is 4.88. The van der Waals surface area contributed by atoms with Crippen molar-refractivity contribution in [2.45, 2.75) is 25.3 Å². The Morgan fingerprint density at radius 1 is 1.24 bits per heavy atom. The highest BCUT2D eigenvalue weighted by Gasteiger charge is 2.28. The Morgan fingerprint density at radius 2 is 2.06 bits per heavy atom. The Kier molecular flexibility index (Phi) is 2.81. The van der Waals surface area contributed by atoms with Crippen molar-refractivity contribution < 1.29 is 0 Å². The number of rotatable bonds is 3. The number of fused-ring (bicyclic) bond motifs is 1. The molecule has 3 rings (SSSR count). The SMILES string of the molecule is CNC(c1cccc2cccnc12)C1CCC1. The first-order valence-corrected chi connectivity index (χ1v) is 6.41. The third kappa shape index (κ3) is 1.83. The van der Waals surface area contributed by atoms with Crippen molar-refractivity contribution in [3.8, 4) is 0 Å². The molecule has 88 valence electrons. The van der Waals surface area contributed by atoms with Crippen molar-refractivity contribution in [2.24, 2.45) is 5.92 Å². The zero-order valence-corrected chi connectivity index (χ0v) is 10.2. The van der Waals surface area contributed by atoms with Crippen molar-refractivity contribution in [2.75, 3.05) is 7.05 Å². The molecule has 2 nitrogen and oxygen atoms in total. The lowest BCUT2D eigenvalue weighted by Gasteiger charge is -2.34. The van der Waals surface area contributed by atoms with Crippen LogP contribution in [-0.4, -0.2) is 12.0 Å². The third-order valence-electron chi connectivity index (χ3n) is 3.93. The van der Waals surface area contributed by atoms with Crippen molar-refractivity contribution >= 4 is 10.9 Å². The summed E-state index contributed by atoms with van der Waals surface area (Å²) in [6.45, 7) is 0. The molecule has 17 heavy (non-hydrogen) atoms. The van der Waals surface area contributed by atoms with Gasteiger partial charge in [0.2, 0.25) is 0 Å². The number of pyridine rings is 1. The Labute approximate surface area is 102 Å². The van der Waals surface area contributed by atoms with E-state index >= 15 is 0 Å². The zero-order valence-electron chi connectivity index (χ0n) is 10.2. The number of nitrogens with zero attached hydrogens (tertiary/aromatic N) is 1. The molecule has 2 heteroatoms. The average molecular weight is 226 g/mol. The minimum atomic E-state index is 0.461. The Hall–Kier alpha value is -1.41. The Morgan fingerprint density at radius 3 is 2.76 bits per heavy atom. The number of aromatic nitrogens is 1. The van der Waals surface area contributed by atoms with Crippen molar-refractivity contribution in [1.29, 1.82) is 0 Å². The van der Waals surface area contributed by atoms with Crippen molar-refractivity contribution in [3.05, 3.63) is 42.1 Å². The average Bonchev–Trinajstić information content (AvgIpc) is 2.33. The maximum Gasteiger partial charge on any atom is 0.0749 e. The van der Waals surface area contributed by atoms with Crippen molar-refractivity contribution in [1.82, 2.24) is 10.3 Å². The van der Waals surface area contributed by atoms with E-state index in [-0.39, 0.29) is 0 Å². The predicted octanol–water partition coefficient (Wildman–Crippen LogP) is 3.30. The molecule has 1 heterocycles. The molecular weight excluding hydrogens is 208 g/mol. The number of benzene rings is 1. The molecular formula is C15H18N2. The van der Waals surface area contributed by atoms with E-state index in [1.165, 1.54) is 30.2 Å². The Balaban J connectivity index is 2.08. The van der Waals surface area contributed by atoms with Gasteiger partial charge < -0.3 is 5.32 Å². The molecule has 0 saturated heterocycles. The lowest BCUT2D eigenvalue weighted by atomic mass is 9.77. The summed E-state index contributed by atoms with van der Waals surface area (Å²) in [6, 6.07) is 11.1. The van der Waals surface area contributed by atoms with Gasteiger partial charge in [-0.1, -0.05) is 30.7 Å². The molecule has 1 N–H and O–H groups in total. The standard InChI is InChI=1S/C15H18N2/c1-16-14(11-5-2-6-11)13-9-3-7-12-8-4-10-17-15(12)13/h3-4,7-11,14,16H,2,5-6H2,1H3. The molecule has 0 spiro atoms. The second kappa shape index (κ2) is 4.46. The smallest absolute Gasteiger partial charge is 0.0749 e. The molecule has 2 aromatic rings. The van der Waals surface area contributed by atoms with Crippen LogP contribution in [-0.2, 0) is 0 Å². The molecule has 0 amide bonds. The van der Waals surface area contributed by atoms with Crippen LogP contribution in [0.4, 0.5) is 0 Å². The van der Waals surface area contributed by atoms with Gasteiger partial charge in [-0.05, 0) is 37.4 Å². The zero-order chi connectivity index (χ0) is 11.7. The van der Waals surface area contributed by atoms with E-state index in [1.807, 2.05) is 12.3 Å². The van der Waals surface area contributed by atoms with Gasteiger partial charge in [-0.25, -0.2) is 0 Å². The van der Waals surface area contributed by atoms with E-state index in [0.29, 0.717) is 6.04 Å². The summed E-state index contributed by atoms with van der Waals surface area (Å²) < 4.78 is 0. The highest BCUT2D eigenvalue weighted by atomic mass is 14.9. The number of hydrogen-bond donors (Lipinski definition) is 1. The summed E-state index contributed by atoms with van der Waals surface area (Å²) in [5, 5.41) is 4.71. The highest BCUT2D eigenvalue weighted by molar-refractivity contribution is 5.82. The summed E-state index contributed by atoms with van der Waals surface area (Å²) in [4.78, 5) is 4.55. The maximum absolute atomic E-state index is 4.55. The fourth-order valence-corrected chi connectivity index (χ4v) is 2.80. The lowest BCUT2D eigenvalue weighted by Crippen LogP contribution is -2.30. The van der Waals surface area contributed by atoms with E-state index in [1.54, 1.807) is 0 Å². The molecule has 1 atom stereocenters. The maximum atomic E-state index is 4.55. The third-order valence-corrected chi connectivity index (χ3v) is 3.93. The van der Waals surface area contributed by atoms with E-state index < -0.39 is 0 Å². The van der Waals surface area contributed by atoms with Crippen LogP contribution in [0.15, 0.2) is 36.5 Å². The van der Waals surface area contributed by atoms with Crippen LogP contribution in [0.3, 0.4) is 0 Å². The van der Waals surface area contributed by atoms with Gasteiger partial charge >= 0.3 is 0 Å². The first kappa shape index (κ1) is 10.7.